The minimum Gasteiger partial charge on any atom is -0.455 e. The summed E-state index contributed by atoms with van der Waals surface area (Å²) in [5, 5.41) is 0. The topological polar surface area (TPSA) is 26.3 Å². The Morgan fingerprint density at radius 1 is 1.33 bits per heavy atom. The Kier molecular flexibility index (Phi) is 4.95. The number of carbonyl (C=O) groups is 1. The zero-order valence-corrected chi connectivity index (χ0v) is 9.38. The van der Waals surface area contributed by atoms with Crippen molar-refractivity contribution in [3.63, 3.8) is 0 Å². The first-order valence-electron chi connectivity index (χ1n) is 4.54. The van der Waals surface area contributed by atoms with E-state index in [4.69, 9.17) is 4.74 Å². The minimum atomic E-state index is -0.0173. The first-order chi connectivity index (χ1) is 5.83. The van der Waals surface area contributed by atoms with Gasteiger partial charge in [0.15, 0.2) is 0 Å². The van der Waals surface area contributed by atoms with E-state index in [-0.39, 0.29) is 5.97 Å². The van der Waals surface area contributed by atoms with Gasteiger partial charge in [-0.1, -0.05) is 19.3 Å². The molecule has 0 heterocycles. The third-order valence-electron chi connectivity index (χ3n) is 2.40. The maximum atomic E-state index is 11.1. The van der Waals surface area contributed by atoms with Crippen LogP contribution >= 0.6 is 22.6 Å². The summed E-state index contributed by atoms with van der Waals surface area (Å²) in [7, 11) is 0. The molecule has 70 valence electrons. The van der Waals surface area contributed by atoms with Gasteiger partial charge in [0, 0.05) is 6.42 Å². The lowest BCUT2D eigenvalue weighted by Gasteiger charge is -2.19. The number of hydrogen-bond acceptors (Lipinski definition) is 2. The summed E-state index contributed by atoms with van der Waals surface area (Å²) in [6.07, 6.45) is 7.01. The molecule has 1 aliphatic rings. The monoisotopic (exact) mass is 282 g/mol. The van der Waals surface area contributed by atoms with Crippen LogP contribution in [0.1, 0.15) is 38.5 Å². The number of ether oxygens (including phenoxy) is 1. The van der Waals surface area contributed by atoms with Crippen LogP contribution in [0.2, 0.25) is 0 Å². The van der Waals surface area contributed by atoms with E-state index in [1.807, 2.05) is 0 Å². The molecule has 0 saturated heterocycles. The van der Waals surface area contributed by atoms with Crippen LogP contribution in [0.15, 0.2) is 0 Å². The standard InChI is InChI=1S/C9H15IO2/c10-7-12-9(11)6-8-4-2-1-3-5-8/h8H,1-7H2. The summed E-state index contributed by atoms with van der Waals surface area (Å²) in [5.41, 5.74) is 0. The van der Waals surface area contributed by atoms with Crippen molar-refractivity contribution in [1.29, 1.82) is 0 Å². The first kappa shape index (κ1) is 10.3. The highest BCUT2D eigenvalue weighted by Crippen LogP contribution is 2.26. The molecule has 0 aliphatic heterocycles. The van der Waals surface area contributed by atoms with Crippen LogP contribution in [-0.4, -0.2) is 10.6 Å². The molecule has 2 nitrogen and oxygen atoms in total. The molecule has 0 aromatic rings. The molecule has 1 aliphatic carbocycles. The van der Waals surface area contributed by atoms with E-state index in [1.165, 1.54) is 32.1 Å². The van der Waals surface area contributed by atoms with Gasteiger partial charge >= 0.3 is 5.97 Å². The lowest BCUT2D eigenvalue weighted by atomic mass is 9.87. The van der Waals surface area contributed by atoms with E-state index in [0.29, 0.717) is 17.0 Å². The molecule has 1 rings (SSSR count). The molecule has 0 unspecified atom stereocenters. The molecule has 0 bridgehead atoms. The van der Waals surface area contributed by atoms with E-state index in [9.17, 15) is 4.79 Å². The van der Waals surface area contributed by atoms with Gasteiger partial charge in [-0.3, -0.25) is 4.79 Å². The van der Waals surface area contributed by atoms with Crippen molar-refractivity contribution >= 4 is 28.6 Å². The van der Waals surface area contributed by atoms with Crippen LogP contribution in [0.3, 0.4) is 0 Å². The number of hydrogen-bond donors (Lipinski definition) is 0. The van der Waals surface area contributed by atoms with Gasteiger partial charge in [-0.2, -0.15) is 0 Å². The Labute approximate surface area is 87.2 Å². The van der Waals surface area contributed by atoms with E-state index in [1.54, 1.807) is 0 Å². The van der Waals surface area contributed by atoms with Gasteiger partial charge in [0.1, 0.15) is 4.61 Å². The van der Waals surface area contributed by atoms with E-state index >= 15 is 0 Å². The molecule has 3 heteroatoms. The quantitative estimate of drug-likeness (QED) is 0.452. The molecule has 0 aromatic heterocycles. The van der Waals surface area contributed by atoms with Crippen molar-refractivity contribution in [3.05, 3.63) is 0 Å². The Bertz CT molecular complexity index is 141. The minimum absolute atomic E-state index is 0.0173. The van der Waals surface area contributed by atoms with Gasteiger partial charge in [0.05, 0.1) is 0 Å². The van der Waals surface area contributed by atoms with Gasteiger partial charge < -0.3 is 4.74 Å². The lowest BCUT2D eigenvalue weighted by Crippen LogP contribution is -2.13. The highest BCUT2D eigenvalue weighted by molar-refractivity contribution is 14.1. The first-order valence-corrected chi connectivity index (χ1v) is 6.07. The SMILES string of the molecule is O=C(CC1CCCCC1)OCI. The normalized spacial score (nSPS) is 19.1. The van der Waals surface area contributed by atoms with E-state index in [0.717, 1.165) is 0 Å². The van der Waals surface area contributed by atoms with Crippen molar-refractivity contribution in [2.24, 2.45) is 5.92 Å². The van der Waals surface area contributed by atoms with Gasteiger partial charge in [-0.25, -0.2) is 0 Å². The van der Waals surface area contributed by atoms with Gasteiger partial charge in [-0.15, -0.1) is 0 Å². The molecular formula is C9H15IO2. The Hall–Kier alpha value is 0.200. The van der Waals surface area contributed by atoms with Gasteiger partial charge in [0.25, 0.3) is 0 Å². The van der Waals surface area contributed by atoms with Crippen molar-refractivity contribution in [2.45, 2.75) is 38.5 Å². The number of alkyl halides is 1. The summed E-state index contributed by atoms with van der Waals surface area (Å²) in [6, 6.07) is 0. The summed E-state index contributed by atoms with van der Waals surface area (Å²) in [5.74, 6) is 0.588. The number of halogens is 1. The molecule has 0 spiro atoms. The maximum absolute atomic E-state index is 11.1. The Morgan fingerprint density at radius 2 is 2.00 bits per heavy atom. The molecule has 1 fully saturated rings. The van der Waals surface area contributed by atoms with Crippen molar-refractivity contribution in [2.75, 3.05) is 4.61 Å². The average Bonchev–Trinajstić information content (AvgIpc) is 2.06. The van der Waals surface area contributed by atoms with E-state index in [2.05, 4.69) is 22.6 Å². The molecule has 12 heavy (non-hydrogen) atoms. The fraction of sp³-hybridized carbons (Fsp3) is 0.889. The van der Waals surface area contributed by atoms with Crippen LogP contribution in [-0.2, 0) is 9.53 Å². The summed E-state index contributed by atoms with van der Waals surface area (Å²) in [4.78, 5) is 11.1. The molecule has 0 amide bonds. The van der Waals surface area contributed by atoms with Crippen LogP contribution in [0.4, 0.5) is 0 Å². The van der Waals surface area contributed by atoms with Crippen molar-refractivity contribution in [3.8, 4) is 0 Å². The second-order valence-corrected chi connectivity index (χ2v) is 3.96. The second kappa shape index (κ2) is 5.78. The third kappa shape index (κ3) is 3.74. The molecule has 0 atom stereocenters. The largest absolute Gasteiger partial charge is 0.455 e. The van der Waals surface area contributed by atoms with Crippen molar-refractivity contribution < 1.29 is 9.53 Å². The summed E-state index contributed by atoms with van der Waals surface area (Å²) >= 11 is 2.05. The van der Waals surface area contributed by atoms with Crippen LogP contribution in [0, 0.1) is 5.92 Å². The maximum Gasteiger partial charge on any atom is 0.306 e. The Morgan fingerprint density at radius 3 is 2.58 bits per heavy atom. The fourth-order valence-electron chi connectivity index (χ4n) is 1.75. The molecule has 1 saturated carbocycles. The lowest BCUT2D eigenvalue weighted by molar-refractivity contribution is -0.142. The molecular weight excluding hydrogens is 267 g/mol. The fourth-order valence-corrected chi connectivity index (χ4v) is 2.09. The number of esters is 1. The third-order valence-corrected chi connectivity index (χ3v) is 2.71. The summed E-state index contributed by atoms with van der Waals surface area (Å²) in [6.45, 7) is 0. The van der Waals surface area contributed by atoms with Gasteiger partial charge in [-0.05, 0) is 41.4 Å². The van der Waals surface area contributed by atoms with Gasteiger partial charge in [0.2, 0.25) is 0 Å². The second-order valence-electron chi connectivity index (χ2n) is 3.33. The number of rotatable bonds is 3. The van der Waals surface area contributed by atoms with Crippen LogP contribution in [0.5, 0.6) is 0 Å². The molecule has 0 aromatic carbocycles. The van der Waals surface area contributed by atoms with E-state index < -0.39 is 0 Å². The Balaban J connectivity index is 2.15. The molecule has 0 N–H and O–H groups in total. The molecule has 0 radical (unpaired) electrons. The zero-order chi connectivity index (χ0) is 8.81. The summed E-state index contributed by atoms with van der Waals surface area (Å²) < 4.78 is 5.38. The highest BCUT2D eigenvalue weighted by atomic mass is 127. The zero-order valence-electron chi connectivity index (χ0n) is 7.22. The van der Waals surface area contributed by atoms with Crippen LogP contribution in [0.25, 0.3) is 0 Å². The predicted octanol–water partition coefficient (Wildman–Crippen LogP) is 2.89. The predicted molar refractivity (Wildman–Crippen MR) is 56.2 cm³/mol. The average molecular weight is 282 g/mol. The van der Waals surface area contributed by atoms with Crippen LogP contribution < -0.4 is 0 Å². The smallest absolute Gasteiger partial charge is 0.306 e. The van der Waals surface area contributed by atoms with Crippen molar-refractivity contribution in [1.82, 2.24) is 0 Å². The highest BCUT2D eigenvalue weighted by Gasteiger charge is 2.17. The number of carbonyl (C=O) groups excluding carboxylic acids is 1.